The van der Waals surface area contributed by atoms with E-state index in [9.17, 15) is 0 Å². The smallest absolute Gasteiger partial charge is 0.380 e. The summed E-state index contributed by atoms with van der Waals surface area (Å²) in [6.07, 6.45) is 12.4. The molecule has 0 amide bonds. The van der Waals surface area contributed by atoms with Gasteiger partial charge in [-0.25, -0.2) is 0 Å². The van der Waals surface area contributed by atoms with Gasteiger partial charge in [0.2, 0.25) is 0 Å². The highest BCUT2D eigenvalue weighted by Gasteiger charge is 2.26. The Labute approximate surface area is 93.5 Å². The number of unbranched alkanes of at least 4 members (excludes halogenated alkanes) is 4. The van der Waals surface area contributed by atoms with E-state index in [4.69, 9.17) is 4.74 Å². The van der Waals surface area contributed by atoms with Gasteiger partial charge < -0.3 is 4.74 Å². The molecule has 0 aromatic heterocycles. The summed E-state index contributed by atoms with van der Waals surface area (Å²) in [5, 5.41) is 0.366. The normalized spacial score (nSPS) is 28.1. The number of hydrogen-bond donors (Lipinski definition) is 0. The van der Waals surface area contributed by atoms with Crippen LogP contribution < -0.4 is 0 Å². The van der Waals surface area contributed by atoms with Crippen LogP contribution in [0.3, 0.4) is 0 Å². The van der Waals surface area contributed by atoms with E-state index in [-0.39, 0.29) is 1.43 Å². The van der Waals surface area contributed by atoms with Crippen LogP contribution in [0.4, 0.5) is 0 Å². The standard InChI is InChI=1S/C12H26OSi/c1-2-3-4-5-6-9-12(14)10-7-8-11-13-12/h2-11H2,1,14H3/p+1. The van der Waals surface area contributed by atoms with Gasteiger partial charge in [0, 0.05) is 22.1 Å². The van der Waals surface area contributed by atoms with Crippen molar-refractivity contribution in [1.82, 2.24) is 0 Å². The highest BCUT2D eigenvalue weighted by molar-refractivity contribution is 6.14. The van der Waals surface area contributed by atoms with Gasteiger partial charge in [-0.3, -0.25) is 0 Å². The van der Waals surface area contributed by atoms with E-state index >= 15 is 0 Å². The van der Waals surface area contributed by atoms with Crippen LogP contribution in [-0.2, 0) is 4.74 Å². The summed E-state index contributed by atoms with van der Waals surface area (Å²) in [5.74, 6) is 0. The zero-order valence-electron chi connectivity index (χ0n) is 11.0. The van der Waals surface area contributed by atoms with Crippen LogP contribution in [0.5, 0.6) is 0 Å². The summed E-state index contributed by atoms with van der Waals surface area (Å²) in [6, 6.07) is 0. The van der Waals surface area contributed by atoms with Crippen LogP contribution in [0.15, 0.2) is 0 Å². The molecule has 1 heterocycles. The fourth-order valence-electron chi connectivity index (χ4n) is 2.29. The van der Waals surface area contributed by atoms with Crippen LogP contribution in [0, 0.1) is 0 Å². The number of rotatable bonds is 6. The van der Waals surface area contributed by atoms with Crippen molar-refractivity contribution in [2.75, 3.05) is 6.61 Å². The molecule has 1 aliphatic heterocycles. The van der Waals surface area contributed by atoms with E-state index in [1.54, 1.807) is 0 Å². The van der Waals surface area contributed by atoms with Crippen molar-refractivity contribution in [3.8, 4) is 0 Å². The highest BCUT2D eigenvalue weighted by atomic mass is 28.1. The zero-order valence-corrected chi connectivity index (χ0v) is 12.0. The lowest BCUT2D eigenvalue weighted by Gasteiger charge is -2.34. The molecular formula is C12H27OSi+. The summed E-state index contributed by atoms with van der Waals surface area (Å²) in [7, 11) is 1.23. The molecule has 0 bridgehead atoms. The Hall–Kier alpha value is 0.177. The minimum atomic E-state index is 0. The van der Waals surface area contributed by atoms with Crippen LogP contribution >= 0.6 is 0 Å². The summed E-state index contributed by atoms with van der Waals surface area (Å²) in [6.45, 7) is 3.30. The van der Waals surface area contributed by atoms with Crippen molar-refractivity contribution in [2.24, 2.45) is 0 Å². The van der Waals surface area contributed by atoms with Gasteiger partial charge in [0.1, 0.15) is 0 Å². The van der Waals surface area contributed by atoms with Crippen LogP contribution in [0.2, 0.25) is 0 Å². The molecule has 2 heteroatoms. The Morgan fingerprint density at radius 3 is 2.64 bits per heavy atom. The Morgan fingerprint density at radius 2 is 2.00 bits per heavy atom. The van der Waals surface area contributed by atoms with E-state index in [1.165, 1.54) is 68.0 Å². The summed E-state index contributed by atoms with van der Waals surface area (Å²) in [5.41, 5.74) is 0. The van der Waals surface area contributed by atoms with E-state index in [2.05, 4.69) is 6.92 Å². The van der Waals surface area contributed by atoms with E-state index in [1.807, 2.05) is 0 Å². The molecule has 0 radical (unpaired) electrons. The second-order valence-electron chi connectivity index (χ2n) is 4.92. The van der Waals surface area contributed by atoms with Crippen LogP contribution in [0.25, 0.3) is 0 Å². The number of hydrogen-bond acceptors (Lipinski definition) is 1. The minimum absolute atomic E-state index is 0. The van der Waals surface area contributed by atoms with Gasteiger partial charge in [0.05, 0.1) is 0 Å². The molecule has 0 spiro atoms. The van der Waals surface area contributed by atoms with E-state index < -0.39 is 0 Å². The zero-order chi connectivity index (χ0) is 10.3. The Balaban J connectivity index is 0.00000196. The molecule has 14 heavy (non-hydrogen) atoms. The van der Waals surface area contributed by atoms with Gasteiger partial charge in [-0.2, -0.15) is 0 Å². The van der Waals surface area contributed by atoms with Crippen molar-refractivity contribution >= 4 is 10.2 Å². The van der Waals surface area contributed by atoms with Crippen molar-refractivity contribution in [1.29, 1.82) is 0 Å². The van der Waals surface area contributed by atoms with Gasteiger partial charge in [-0.15, -0.1) is 0 Å². The Kier molecular flexibility index (Phi) is 5.79. The predicted octanol–water partition coefficient (Wildman–Crippen LogP) is 2.72. The fraction of sp³-hybridized carbons (Fsp3) is 1.00. The van der Waals surface area contributed by atoms with Crippen LogP contribution in [-0.4, -0.2) is 22.1 Å². The maximum atomic E-state index is 5.93. The lowest BCUT2D eigenvalue weighted by molar-refractivity contribution is -0.0239. The molecule has 1 rings (SSSR count). The van der Waals surface area contributed by atoms with Gasteiger partial charge >= 0.3 is 1.43 Å². The number of ether oxygens (including phenoxy) is 1. The monoisotopic (exact) mass is 215 g/mol. The SMILES string of the molecule is CCCCCCCC1([SiH3])CCCCO1.[H+]. The Morgan fingerprint density at radius 1 is 1.21 bits per heavy atom. The second kappa shape index (κ2) is 6.62. The average molecular weight is 215 g/mol. The third-order valence-corrected chi connectivity index (χ3v) is 4.65. The first kappa shape index (κ1) is 12.2. The maximum Gasteiger partial charge on any atom is 1.00 e. The molecule has 1 fully saturated rings. The molecule has 1 aliphatic rings. The largest absolute Gasteiger partial charge is 1.00 e. The maximum absolute atomic E-state index is 5.93. The molecule has 1 atom stereocenters. The third-order valence-electron chi connectivity index (χ3n) is 3.36. The highest BCUT2D eigenvalue weighted by Crippen LogP contribution is 2.27. The van der Waals surface area contributed by atoms with Crippen molar-refractivity contribution in [3.05, 3.63) is 0 Å². The molecular weight excluding hydrogens is 188 g/mol. The second-order valence-corrected chi connectivity index (χ2v) is 6.74. The summed E-state index contributed by atoms with van der Waals surface area (Å²) >= 11 is 0. The van der Waals surface area contributed by atoms with Gasteiger partial charge in [0.25, 0.3) is 0 Å². The molecule has 1 nitrogen and oxygen atoms in total. The molecule has 0 aromatic carbocycles. The first-order chi connectivity index (χ1) is 6.77. The van der Waals surface area contributed by atoms with Crippen molar-refractivity contribution < 1.29 is 6.16 Å². The third kappa shape index (κ3) is 4.60. The van der Waals surface area contributed by atoms with Crippen molar-refractivity contribution in [2.45, 2.75) is 69.9 Å². The molecule has 0 aliphatic carbocycles. The topological polar surface area (TPSA) is 9.23 Å². The fourth-order valence-corrected chi connectivity index (χ4v) is 3.20. The van der Waals surface area contributed by atoms with Crippen LogP contribution in [0.1, 0.15) is 66.1 Å². The molecule has 84 valence electrons. The van der Waals surface area contributed by atoms with Gasteiger partial charge in [0.15, 0.2) is 0 Å². The average Bonchev–Trinajstić information content (AvgIpc) is 2.18. The first-order valence-electron chi connectivity index (χ1n) is 6.41. The predicted molar refractivity (Wildman–Crippen MR) is 67.0 cm³/mol. The first-order valence-corrected chi connectivity index (χ1v) is 7.41. The quantitative estimate of drug-likeness (QED) is 0.489. The van der Waals surface area contributed by atoms with Gasteiger partial charge in [-0.05, 0) is 25.7 Å². The molecule has 0 saturated carbocycles. The Bertz CT molecular complexity index is 147. The molecule has 1 saturated heterocycles. The molecule has 0 aromatic rings. The lowest BCUT2D eigenvalue weighted by Crippen LogP contribution is -2.36. The summed E-state index contributed by atoms with van der Waals surface area (Å²) < 4.78 is 5.93. The lowest BCUT2D eigenvalue weighted by atomic mass is 10.0. The minimum Gasteiger partial charge on any atom is -0.380 e. The van der Waals surface area contributed by atoms with E-state index in [0.717, 1.165) is 6.61 Å². The van der Waals surface area contributed by atoms with Gasteiger partial charge in [-0.1, -0.05) is 39.0 Å². The van der Waals surface area contributed by atoms with Crippen molar-refractivity contribution in [3.63, 3.8) is 0 Å². The molecule has 1 unspecified atom stereocenters. The summed E-state index contributed by atoms with van der Waals surface area (Å²) in [4.78, 5) is 0. The molecule has 0 N–H and O–H groups in total. The van der Waals surface area contributed by atoms with E-state index in [0.29, 0.717) is 5.22 Å².